The summed E-state index contributed by atoms with van der Waals surface area (Å²) < 4.78 is 43.9. The molecule has 0 bridgehead atoms. The Bertz CT molecular complexity index is 586. The van der Waals surface area contributed by atoms with Crippen molar-refractivity contribution < 1.29 is 22.4 Å². The normalized spacial score (nSPS) is 22.2. The lowest BCUT2D eigenvalue weighted by Gasteiger charge is -2.35. The molecule has 0 radical (unpaired) electrons. The van der Waals surface area contributed by atoms with E-state index in [4.69, 9.17) is 10.2 Å². The number of furan rings is 1. The van der Waals surface area contributed by atoms with E-state index in [0.717, 1.165) is 5.56 Å². The Morgan fingerprint density at radius 1 is 1.43 bits per heavy atom. The Kier molecular flexibility index (Phi) is 3.91. The number of halogens is 3. The van der Waals surface area contributed by atoms with Gasteiger partial charge in [-0.1, -0.05) is 0 Å². The van der Waals surface area contributed by atoms with Crippen molar-refractivity contribution in [2.45, 2.75) is 37.1 Å². The molecule has 2 N–H and O–H groups in total. The van der Waals surface area contributed by atoms with Gasteiger partial charge in [0.1, 0.15) is 0 Å². The molecule has 0 aromatic carbocycles. The zero-order valence-corrected chi connectivity index (χ0v) is 12.3. The fourth-order valence-corrected chi connectivity index (χ4v) is 3.05. The molecule has 3 heterocycles. The van der Waals surface area contributed by atoms with Crippen LogP contribution in [0.5, 0.6) is 0 Å². The zero-order valence-electron chi connectivity index (χ0n) is 12.3. The van der Waals surface area contributed by atoms with Crippen LogP contribution in [0.4, 0.5) is 13.2 Å². The van der Waals surface area contributed by atoms with Crippen LogP contribution in [0.1, 0.15) is 18.4 Å². The second kappa shape index (κ2) is 5.63. The number of hydrogen-bond acceptors (Lipinski definition) is 5. The molecule has 126 valence electrons. The molecule has 0 saturated carbocycles. The van der Waals surface area contributed by atoms with Crippen LogP contribution >= 0.6 is 0 Å². The van der Waals surface area contributed by atoms with E-state index < -0.39 is 23.8 Å². The van der Waals surface area contributed by atoms with Gasteiger partial charge in [0.25, 0.3) is 5.66 Å². The standard InChI is InChI=1S/C14H17F3N4O2/c15-14(16,17)13(19-20-13)10-1-4-21(5-2-10)12(22)11(18)7-9-3-6-23-8-9/h3,6,8,10-11H,1-2,4-5,7,18H2. The maximum atomic E-state index is 13.0. The highest BCUT2D eigenvalue weighted by Crippen LogP contribution is 2.52. The second-order valence-electron chi connectivity index (χ2n) is 5.97. The molecule has 2 aliphatic rings. The first-order chi connectivity index (χ1) is 10.8. The average molecular weight is 330 g/mol. The monoisotopic (exact) mass is 330 g/mol. The lowest BCUT2D eigenvalue weighted by molar-refractivity contribution is -0.180. The topological polar surface area (TPSA) is 84.2 Å². The van der Waals surface area contributed by atoms with Crippen molar-refractivity contribution in [2.75, 3.05) is 13.1 Å². The van der Waals surface area contributed by atoms with Crippen LogP contribution in [0.2, 0.25) is 0 Å². The summed E-state index contributed by atoms with van der Waals surface area (Å²) in [7, 11) is 0. The molecular weight excluding hydrogens is 313 g/mol. The fraction of sp³-hybridized carbons (Fsp3) is 0.643. The van der Waals surface area contributed by atoms with Crippen LogP contribution in [-0.4, -0.2) is 41.8 Å². The third-order valence-corrected chi connectivity index (χ3v) is 4.46. The Hall–Kier alpha value is -1.90. The molecule has 3 rings (SSSR count). The molecule has 2 aliphatic heterocycles. The molecule has 0 spiro atoms. The van der Waals surface area contributed by atoms with Crippen molar-refractivity contribution in [3.63, 3.8) is 0 Å². The van der Waals surface area contributed by atoms with Gasteiger partial charge in [-0.15, -0.1) is 10.2 Å². The van der Waals surface area contributed by atoms with Crippen molar-refractivity contribution >= 4 is 5.91 Å². The lowest BCUT2D eigenvalue weighted by atomic mass is 9.86. The smallest absolute Gasteiger partial charge is 0.437 e. The van der Waals surface area contributed by atoms with E-state index in [-0.39, 0.29) is 31.8 Å². The van der Waals surface area contributed by atoms with Gasteiger partial charge < -0.3 is 15.1 Å². The summed E-state index contributed by atoms with van der Waals surface area (Å²) in [5.41, 5.74) is 4.47. The summed E-state index contributed by atoms with van der Waals surface area (Å²) in [4.78, 5) is 13.8. The first kappa shape index (κ1) is 16.0. The van der Waals surface area contributed by atoms with Crippen LogP contribution in [-0.2, 0) is 11.2 Å². The van der Waals surface area contributed by atoms with E-state index in [9.17, 15) is 18.0 Å². The summed E-state index contributed by atoms with van der Waals surface area (Å²) in [6, 6.07) is 0.999. The minimum atomic E-state index is -4.46. The van der Waals surface area contributed by atoms with Crippen molar-refractivity contribution in [2.24, 2.45) is 21.9 Å². The number of carbonyl (C=O) groups is 1. The second-order valence-corrected chi connectivity index (χ2v) is 5.97. The van der Waals surface area contributed by atoms with Gasteiger partial charge in [0.15, 0.2) is 0 Å². The van der Waals surface area contributed by atoms with Crippen molar-refractivity contribution in [1.82, 2.24) is 4.90 Å². The third-order valence-electron chi connectivity index (χ3n) is 4.46. The molecule has 1 saturated heterocycles. The zero-order chi connectivity index (χ0) is 16.7. The molecule has 1 aromatic heterocycles. The maximum Gasteiger partial charge on any atom is 0.437 e. The van der Waals surface area contributed by atoms with E-state index in [0.29, 0.717) is 6.42 Å². The van der Waals surface area contributed by atoms with E-state index in [2.05, 4.69) is 10.2 Å². The number of rotatable bonds is 4. The van der Waals surface area contributed by atoms with Crippen LogP contribution in [0.3, 0.4) is 0 Å². The Morgan fingerprint density at radius 2 is 2.09 bits per heavy atom. The molecule has 1 aromatic rings. The van der Waals surface area contributed by atoms with E-state index in [1.54, 1.807) is 6.07 Å². The fourth-order valence-electron chi connectivity index (χ4n) is 3.05. The lowest BCUT2D eigenvalue weighted by Crippen LogP contribution is -2.51. The highest BCUT2D eigenvalue weighted by atomic mass is 19.4. The van der Waals surface area contributed by atoms with E-state index >= 15 is 0 Å². The largest absolute Gasteiger partial charge is 0.472 e. The van der Waals surface area contributed by atoms with Crippen LogP contribution in [0.15, 0.2) is 33.2 Å². The number of piperidine rings is 1. The van der Waals surface area contributed by atoms with Gasteiger partial charge in [-0.05, 0) is 30.9 Å². The predicted molar refractivity (Wildman–Crippen MR) is 73.3 cm³/mol. The minimum absolute atomic E-state index is 0.219. The van der Waals surface area contributed by atoms with Gasteiger partial charge in [0.05, 0.1) is 18.6 Å². The number of likely N-dealkylation sites (tertiary alicyclic amines) is 1. The highest BCUT2D eigenvalue weighted by Gasteiger charge is 2.68. The average Bonchev–Trinajstić information content (AvgIpc) is 3.19. The molecule has 1 unspecified atom stereocenters. The van der Waals surface area contributed by atoms with Crippen LogP contribution < -0.4 is 5.73 Å². The number of nitrogens with zero attached hydrogens (tertiary/aromatic N) is 3. The summed E-state index contributed by atoms with van der Waals surface area (Å²) in [6.07, 6.45) is -0.666. The van der Waals surface area contributed by atoms with E-state index in [1.165, 1.54) is 17.4 Å². The summed E-state index contributed by atoms with van der Waals surface area (Å²) in [6.45, 7) is 0.483. The van der Waals surface area contributed by atoms with Crippen molar-refractivity contribution in [3.8, 4) is 0 Å². The molecule has 1 fully saturated rings. The van der Waals surface area contributed by atoms with Gasteiger partial charge in [-0.2, -0.15) is 13.2 Å². The quantitative estimate of drug-likeness (QED) is 0.917. The number of nitrogens with two attached hydrogens (primary N) is 1. The molecule has 1 atom stereocenters. The summed E-state index contributed by atoms with van der Waals surface area (Å²) >= 11 is 0. The maximum absolute atomic E-state index is 13.0. The number of carbonyl (C=O) groups excluding carboxylic acids is 1. The number of alkyl halides is 3. The van der Waals surface area contributed by atoms with Gasteiger partial charge in [0, 0.05) is 19.0 Å². The first-order valence-electron chi connectivity index (χ1n) is 7.40. The SMILES string of the molecule is NC(Cc1ccoc1)C(=O)N1CCC(C2(C(F)(F)F)N=N2)CC1. The summed E-state index contributed by atoms with van der Waals surface area (Å²) in [5.74, 6) is -0.952. The summed E-state index contributed by atoms with van der Waals surface area (Å²) in [5, 5.41) is 6.49. The predicted octanol–water partition coefficient (Wildman–Crippen LogP) is 2.11. The Balaban J connectivity index is 1.54. The Morgan fingerprint density at radius 3 is 2.57 bits per heavy atom. The minimum Gasteiger partial charge on any atom is -0.472 e. The van der Waals surface area contributed by atoms with E-state index in [1.807, 2.05) is 0 Å². The third kappa shape index (κ3) is 2.97. The molecule has 9 heteroatoms. The molecule has 6 nitrogen and oxygen atoms in total. The molecule has 0 aliphatic carbocycles. The number of hydrogen-bond donors (Lipinski definition) is 1. The highest BCUT2D eigenvalue weighted by molar-refractivity contribution is 5.82. The van der Waals surface area contributed by atoms with Crippen LogP contribution in [0.25, 0.3) is 0 Å². The Labute approximate surface area is 130 Å². The molecule has 23 heavy (non-hydrogen) atoms. The van der Waals surface area contributed by atoms with Crippen molar-refractivity contribution in [1.29, 1.82) is 0 Å². The molecule has 1 amide bonds. The van der Waals surface area contributed by atoms with Gasteiger partial charge in [-0.3, -0.25) is 4.79 Å². The van der Waals surface area contributed by atoms with Gasteiger partial charge >= 0.3 is 6.18 Å². The van der Waals surface area contributed by atoms with Crippen molar-refractivity contribution in [3.05, 3.63) is 24.2 Å². The van der Waals surface area contributed by atoms with Gasteiger partial charge in [0.2, 0.25) is 5.91 Å². The molecular formula is C14H17F3N4O2. The number of amides is 1. The first-order valence-corrected chi connectivity index (χ1v) is 7.40. The van der Waals surface area contributed by atoms with Gasteiger partial charge in [-0.25, -0.2) is 0 Å². The van der Waals surface area contributed by atoms with Crippen LogP contribution in [0, 0.1) is 5.92 Å².